The molecule has 1 saturated heterocycles. The number of amides is 1. The first-order chi connectivity index (χ1) is 17.8. The summed E-state index contributed by atoms with van der Waals surface area (Å²) in [6.45, 7) is 1.08. The summed E-state index contributed by atoms with van der Waals surface area (Å²) in [5, 5.41) is 7.98. The molecule has 3 aromatic rings. The smallest absolute Gasteiger partial charge is 0.309 e. The summed E-state index contributed by atoms with van der Waals surface area (Å²) in [6, 6.07) is 6.63. The molecule has 38 heavy (non-hydrogen) atoms. The van der Waals surface area contributed by atoms with Crippen molar-refractivity contribution in [3.63, 3.8) is 0 Å². The van der Waals surface area contributed by atoms with Gasteiger partial charge >= 0.3 is 12.4 Å². The first-order valence-electron chi connectivity index (χ1n) is 11.4. The van der Waals surface area contributed by atoms with E-state index in [-0.39, 0.29) is 24.1 Å². The number of rotatable bonds is 7. The van der Waals surface area contributed by atoms with E-state index in [1.165, 1.54) is 22.6 Å². The van der Waals surface area contributed by atoms with Crippen molar-refractivity contribution in [1.29, 1.82) is 0 Å². The van der Waals surface area contributed by atoms with Gasteiger partial charge in [0.25, 0.3) is 5.91 Å². The molecule has 1 amide bonds. The maximum absolute atomic E-state index is 13.5. The fourth-order valence-electron chi connectivity index (χ4n) is 3.86. The Morgan fingerprint density at radius 3 is 2.53 bits per heavy atom. The number of fused-ring (bicyclic) bond motifs is 1. The number of amidine groups is 1. The topological polar surface area (TPSA) is 62.5 Å². The number of carbonyl (C=O) groups excluding carboxylic acids is 1. The number of carbonyl (C=O) groups is 1. The molecule has 4 rings (SSSR count). The van der Waals surface area contributed by atoms with Gasteiger partial charge in [-0.05, 0) is 80.3 Å². The summed E-state index contributed by atoms with van der Waals surface area (Å²) in [4.78, 5) is 19.2. The Kier molecular flexibility index (Phi) is 7.88. The molecule has 202 valence electrons. The molecule has 0 spiro atoms. The molecule has 0 unspecified atom stereocenters. The Hall–Kier alpha value is -3.32. The normalized spacial score (nSPS) is 16.8. The number of aromatic nitrogens is 2. The predicted molar refractivity (Wildman–Crippen MR) is 134 cm³/mol. The molecule has 2 aromatic carbocycles. The van der Waals surface area contributed by atoms with Crippen LogP contribution in [0.4, 0.5) is 26.3 Å². The Balaban J connectivity index is 1.54. The first-order valence-corrected chi connectivity index (χ1v) is 12.3. The molecule has 0 atom stereocenters. The predicted octanol–water partition coefficient (Wildman–Crippen LogP) is 5.63. The van der Waals surface area contributed by atoms with Crippen LogP contribution in [0.5, 0.6) is 0 Å². The van der Waals surface area contributed by atoms with Crippen LogP contribution in [-0.2, 0) is 23.7 Å². The highest BCUT2D eigenvalue weighted by molar-refractivity contribution is 8.18. The second kappa shape index (κ2) is 10.8. The fourth-order valence-corrected chi connectivity index (χ4v) is 4.70. The van der Waals surface area contributed by atoms with E-state index in [0.29, 0.717) is 39.2 Å². The van der Waals surface area contributed by atoms with Crippen molar-refractivity contribution in [3.8, 4) is 0 Å². The van der Waals surface area contributed by atoms with E-state index < -0.39 is 23.5 Å². The molecule has 1 aliphatic rings. The minimum absolute atomic E-state index is 0.120. The third kappa shape index (κ3) is 6.57. The van der Waals surface area contributed by atoms with Gasteiger partial charge in [0, 0.05) is 11.9 Å². The molecule has 1 fully saturated rings. The number of thioether (sulfide) groups is 1. The zero-order valence-electron chi connectivity index (χ0n) is 20.3. The maximum atomic E-state index is 13.5. The van der Waals surface area contributed by atoms with Crippen LogP contribution in [0, 0.1) is 0 Å². The highest BCUT2D eigenvalue weighted by Gasteiger charge is 2.38. The molecule has 13 heteroatoms. The Morgan fingerprint density at radius 1 is 1.08 bits per heavy atom. The van der Waals surface area contributed by atoms with Gasteiger partial charge in [0.05, 0.1) is 34.3 Å². The van der Waals surface area contributed by atoms with E-state index in [4.69, 9.17) is 0 Å². The lowest BCUT2D eigenvalue weighted by Crippen LogP contribution is -2.20. The van der Waals surface area contributed by atoms with Crippen LogP contribution in [0.2, 0.25) is 0 Å². The number of halogens is 6. The molecular weight excluding hydrogens is 532 g/mol. The monoisotopic (exact) mass is 555 g/mol. The minimum Gasteiger partial charge on any atom is -0.309 e. The van der Waals surface area contributed by atoms with Gasteiger partial charge in [-0.25, -0.2) is 0 Å². The third-order valence-corrected chi connectivity index (χ3v) is 6.64. The fraction of sp³-hybridized carbons (Fsp3) is 0.320. The van der Waals surface area contributed by atoms with Crippen molar-refractivity contribution >= 4 is 39.8 Å². The number of benzene rings is 2. The number of alkyl halides is 6. The number of hydrogen-bond acceptors (Lipinski definition) is 5. The number of aliphatic imine (C=N–C) groups is 1. The largest absolute Gasteiger partial charge is 0.416 e. The van der Waals surface area contributed by atoms with Gasteiger partial charge in [0.1, 0.15) is 0 Å². The Labute approximate surface area is 218 Å². The second-order valence-corrected chi connectivity index (χ2v) is 9.93. The number of nitrogens with one attached hydrogen (secondary N) is 1. The van der Waals surface area contributed by atoms with Crippen molar-refractivity contribution in [2.75, 3.05) is 27.2 Å². The molecule has 1 aliphatic heterocycles. The Morgan fingerprint density at radius 2 is 1.84 bits per heavy atom. The average Bonchev–Trinajstić information content (AvgIpc) is 3.38. The van der Waals surface area contributed by atoms with Crippen LogP contribution in [0.3, 0.4) is 0 Å². The molecule has 2 heterocycles. The number of nitrogens with zero attached hydrogens (tertiary/aromatic N) is 4. The van der Waals surface area contributed by atoms with E-state index >= 15 is 0 Å². The quantitative estimate of drug-likeness (QED) is 0.233. The molecule has 6 nitrogen and oxygen atoms in total. The zero-order chi connectivity index (χ0) is 27.7. The van der Waals surface area contributed by atoms with Gasteiger partial charge in [-0.15, -0.1) is 0 Å². The molecule has 1 aromatic heterocycles. The highest BCUT2D eigenvalue weighted by Crippen LogP contribution is 2.38. The summed E-state index contributed by atoms with van der Waals surface area (Å²) < 4.78 is 80.8. The summed E-state index contributed by atoms with van der Waals surface area (Å²) in [6.07, 6.45) is -5.88. The van der Waals surface area contributed by atoms with E-state index in [9.17, 15) is 31.1 Å². The average molecular weight is 556 g/mol. The number of hydrogen-bond donors (Lipinski definition) is 1. The van der Waals surface area contributed by atoms with Crippen LogP contribution in [0.15, 0.2) is 52.5 Å². The molecule has 1 N–H and O–H groups in total. The molecule has 0 aliphatic carbocycles. The van der Waals surface area contributed by atoms with Crippen LogP contribution in [0.25, 0.3) is 17.0 Å². The lowest BCUT2D eigenvalue weighted by atomic mass is 10.0. The van der Waals surface area contributed by atoms with Crippen LogP contribution in [-0.4, -0.2) is 52.9 Å². The van der Waals surface area contributed by atoms with E-state index in [1.807, 2.05) is 19.0 Å². The zero-order valence-corrected chi connectivity index (χ0v) is 21.1. The lowest BCUT2D eigenvalue weighted by Gasteiger charge is -2.16. The summed E-state index contributed by atoms with van der Waals surface area (Å²) in [5.41, 5.74) is -1.90. The molecule has 0 bridgehead atoms. The van der Waals surface area contributed by atoms with Gasteiger partial charge in [0.15, 0.2) is 5.17 Å². The Bertz CT molecular complexity index is 1410. The van der Waals surface area contributed by atoms with Gasteiger partial charge < -0.3 is 10.2 Å². The van der Waals surface area contributed by atoms with E-state index in [1.54, 1.807) is 24.3 Å². The van der Waals surface area contributed by atoms with Crippen LogP contribution >= 0.6 is 11.8 Å². The van der Waals surface area contributed by atoms with Gasteiger partial charge in [-0.2, -0.15) is 31.4 Å². The third-order valence-electron chi connectivity index (χ3n) is 5.70. The molecular formula is C25H23F6N5OS. The van der Waals surface area contributed by atoms with Crippen LogP contribution in [0.1, 0.15) is 28.7 Å². The van der Waals surface area contributed by atoms with Crippen LogP contribution < -0.4 is 5.32 Å². The van der Waals surface area contributed by atoms with Crippen molar-refractivity contribution < 1.29 is 31.1 Å². The molecule has 0 radical (unpaired) electrons. The van der Waals surface area contributed by atoms with Crippen molar-refractivity contribution in [1.82, 2.24) is 20.0 Å². The van der Waals surface area contributed by atoms with Gasteiger partial charge in [-0.3, -0.25) is 14.5 Å². The summed E-state index contributed by atoms with van der Waals surface area (Å²) >= 11 is 1.22. The van der Waals surface area contributed by atoms with Crippen molar-refractivity contribution in [3.05, 3.63) is 69.8 Å². The van der Waals surface area contributed by atoms with E-state index in [2.05, 4.69) is 15.4 Å². The van der Waals surface area contributed by atoms with E-state index in [0.717, 1.165) is 19.0 Å². The SMILES string of the molecule is CN(C)CCCN=C1NC(=O)C(=Cc2ccc3c(cnn3Cc3ccc(C(F)(F)F)cc3C(F)(F)F)c2)S1. The van der Waals surface area contributed by atoms with Crippen molar-refractivity contribution in [2.24, 2.45) is 4.99 Å². The van der Waals surface area contributed by atoms with Gasteiger partial charge in [-0.1, -0.05) is 12.1 Å². The maximum Gasteiger partial charge on any atom is 0.416 e. The van der Waals surface area contributed by atoms with Gasteiger partial charge in [0.2, 0.25) is 0 Å². The molecule has 0 saturated carbocycles. The van der Waals surface area contributed by atoms with Crippen molar-refractivity contribution in [2.45, 2.75) is 25.3 Å². The minimum atomic E-state index is -4.97. The standard InChI is InChI=1S/C25H23F6N5OS/c1-35(2)9-3-8-32-23-34-22(37)21(38-23)11-15-4-7-20-17(10-15)13-33-36(20)14-16-5-6-18(24(26,27)28)12-19(16)25(29,30)31/h4-7,10-13H,3,8-9,14H2,1-2H3,(H,32,34,37). The second-order valence-electron chi connectivity index (χ2n) is 8.90. The highest BCUT2D eigenvalue weighted by atomic mass is 32.2. The summed E-state index contributed by atoms with van der Waals surface area (Å²) in [5.74, 6) is -0.279. The lowest BCUT2D eigenvalue weighted by molar-refractivity contribution is -0.143. The summed E-state index contributed by atoms with van der Waals surface area (Å²) in [7, 11) is 3.93. The first kappa shape index (κ1) is 27.7.